The van der Waals surface area contributed by atoms with Crippen molar-refractivity contribution in [3.8, 4) is 11.4 Å². The Balaban J connectivity index is 0.000000369. The molecule has 0 spiro atoms. The monoisotopic (exact) mass is 407 g/mol. The first kappa shape index (κ1) is 19.4. The lowest BCUT2D eigenvalue weighted by Crippen LogP contribution is -2.51. The molecule has 29 heavy (non-hydrogen) atoms. The van der Waals surface area contributed by atoms with Gasteiger partial charge in [-0.15, -0.1) is 0 Å². The molecule has 0 N–H and O–H groups in total. The minimum atomic E-state index is -6.00. The van der Waals surface area contributed by atoms with Crippen LogP contribution in [0.1, 0.15) is 23.0 Å². The summed E-state index contributed by atoms with van der Waals surface area (Å²) in [5.41, 5.74) is 3.74. The molecule has 2 aliphatic rings. The maximum atomic E-state index is 9.75. The van der Waals surface area contributed by atoms with Gasteiger partial charge in [0.25, 0.3) is 0 Å². The highest BCUT2D eigenvalue weighted by Crippen LogP contribution is 2.35. The van der Waals surface area contributed by atoms with Crippen molar-refractivity contribution in [2.24, 2.45) is 0 Å². The molecule has 0 amide bonds. The van der Waals surface area contributed by atoms with Crippen LogP contribution >= 0.6 is 0 Å². The minimum Gasteiger partial charge on any atom is -0.497 e. The first-order valence-corrected chi connectivity index (χ1v) is 9.04. The third-order valence-electron chi connectivity index (χ3n) is 4.97. The molecular weight excluding hydrogens is 389 g/mol. The Morgan fingerprint density at radius 2 is 1.79 bits per heavy atom. The van der Waals surface area contributed by atoms with Crippen LogP contribution in [0.5, 0.6) is 5.75 Å². The van der Waals surface area contributed by atoms with Crippen LogP contribution in [-0.2, 0) is 17.8 Å². The van der Waals surface area contributed by atoms with E-state index in [1.165, 1.54) is 11.1 Å². The number of halogens is 4. The van der Waals surface area contributed by atoms with E-state index in [1.54, 1.807) is 7.11 Å². The Morgan fingerprint density at radius 3 is 2.48 bits per heavy atom. The van der Waals surface area contributed by atoms with Gasteiger partial charge in [-0.25, -0.2) is 4.57 Å². The lowest BCUT2D eigenvalue weighted by atomic mass is 10.1. The Labute approximate surface area is 164 Å². The maximum Gasteiger partial charge on any atom is 0.673 e. The lowest BCUT2D eigenvalue weighted by Gasteiger charge is -2.23. The summed E-state index contributed by atoms with van der Waals surface area (Å²) in [5.74, 6) is 1.81. The van der Waals surface area contributed by atoms with Crippen molar-refractivity contribution >= 4 is 7.25 Å². The number of benzene rings is 2. The SMILES string of the molecule is COc1ccc(-n2c[n+]3c(n2)COC2Cc4ccccc4C23)cc1.F[B-](F)(F)F. The normalized spacial score (nSPS) is 19.5. The van der Waals surface area contributed by atoms with Crippen molar-refractivity contribution < 1.29 is 31.3 Å². The van der Waals surface area contributed by atoms with Crippen LogP contribution in [0.3, 0.4) is 0 Å². The predicted octanol–water partition coefficient (Wildman–Crippen LogP) is 3.51. The number of hydrogen-bond acceptors (Lipinski definition) is 3. The number of fused-ring (bicyclic) bond motifs is 5. The topological polar surface area (TPSA) is 40.2 Å². The summed E-state index contributed by atoms with van der Waals surface area (Å²) >= 11 is 0. The van der Waals surface area contributed by atoms with Gasteiger partial charge >= 0.3 is 13.1 Å². The molecule has 5 rings (SSSR count). The van der Waals surface area contributed by atoms with Crippen molar-refractivity contribution in [1.82, 2.24) is 9.78 Å². The van der Waals surface area contributed by atoms with Crippen molar-refractivity contribution in [2.75, 3.05) is 7.11 Å². The Kier molecular flexibility index (Phi) is 5.04. The Hall–Kier alpha value is -2.88. The number of rotatable bonds is 2. The van der Waals surface area contributed by atoms with Crippen LogP contribution in [0.25, 0.3) is 5.69 Å². The van der Waals surface area contributed by atoms with Gasteiger partial charge in [-0.3, -0.25) is 0 Å². The van der Waals surface area contributed by atoms with Gasteiger partial charge in [-0.2, -0.15) is 0 Å². The van der Waals surface area contributed by atoms with E-state index in [0.717, 1.165) is 23.7 Å². The van der Waals surface area contributed by atoms with Crippen LogP contribution < -0.4 is 9.30 Å². The fourth-order valence-electron chi connectivity index (χ4n) is 3.78. The van der Waals surface area contributed by atoms with Crippen molar-refractivity contribution in [1.29, 1.82) is 0 Å². The lowest BCUT2D eigenvalue weighted by molar-refractivity contribution is -0.739. The average molecular weight is 407 g/mol. The quantitative estimate of drug-likeness (QED) is 0.371. The summed E-state index contributed by atoms with van der Waals surface area (Å²) in [7, 11) is -4.33. The van der Waals surface area contributed by atoms with Gasteiger partial charge in [-0.05, 0) is 35.4 Å². The smallest absolute Gasteiger partial charge is 0.497 e. The second-order valence-corrected chi connectivity index (χ2v) is 6.77. The number of hydrogen-bond donors (Lipinski definition) is 0. The molecule has 152 valence electrons. The zero-order chi connectivity index (χ0) is 20.6. The summed E-state index contributed by atoms with van der Waals surface area (Å²) in [6, 6.07) is 16.7. The highest BCUT2D eigenvalue weighted by Gasteiger charge is 2.43. The van der Waals surface area contributed by atoms with Gasteiger partial charge in [0.15, 0.2) is 0 Å². The van der Waals surface area contributed by atoms with E-state index < -0.39 is 7.25 Å². The molecular formula is C19H18BF4N3O2. The fourth-order valence-corrected chi connectivity index (χ4v) is 3.78. The third-order valence-corrected chi connectivity index (χ3v) is 4.97. The molecule has 10 heteroatoms. The molecule has 1 aliphatic heterocycles. The summed E-state index contributed by atoms with van der Waals surface area (Å²) in [6.45, 7) is 0.554. The van der Waals surface area contributed by atoms with Crippen molar-refractivity contribution in [2.45, 2.75) is 25.2 Å². The summed E-state index contributed by atoms with van der Waals surface area (Å²) in [5, 5.41) is 4.72. The number of methoxy groups -OCH3 is 1. The van der Waals surface area contributed by atoms with Gasteiger partial charge in [0.1, 0.15) is 30.2 Å². The van der Waals surface area contributed by atoms with Crippen LogP contribution in [0, 0.1) is 0 Å². The van der Waals surface area contributed by atoms with E-state index in [-0.39, 0.29) is 12.1 Å². The average Bonchev–Trinajstić information content (AvgIpc) is 3.27. The van der Waals surface area contributed by atoms with E-state index >= 15 is 0 Å². The molecule has 0 radical (unpaired) electrons. The molecule has 1 aliphatic carbocycles. The van der Waals surface area contributed by atoms with E-state index in [2.05, 4.69) is 35.2 Å². The molecule has 0 saturated carbocycles. The van der Waals surface area contributed by atoms with Crippen molar-refractivity contribution in [3.63, 3.8) is 0 Å². The first-order chi connectivity index (χ1) is 13.8. The van der Waals surface area contributed by atoms with E-state index in [1.807, 2.05) is 28.9 Å². The summed E-state index contributed by atoms with van der Waals surface area (Å²) in [6.07, 6.45) is 3.26. The van der Waals surface area contributed by atoms with E-state index in [4.69, 9.17) is 14.6 Å². The molecule has 2 heterocycles. The van der Waals surface area contributed by atoms with Gasteiger partial charge in [0.2, 0.25) is 6.33 Å². The van der Waals surface area contributed by atoms with Gasteiger partial charge in [0, 0.05) is 11.5 Å². The Morgan fingerprint density at radius 1 is 1.10 bits per heavy atom. The zero-order valence-corrected chi connectivity index (χ0v) is 15.5. The standard InChI is InChI=1S/C19H18N3O2.BF4/c1-23-15-8-6-14(7-9-15)22-12-21-18(20-22)11-24-17-10-13-4-2-3-5-16(13)19(17)21;2-1(3,4)5/h2-9,12,17,19H,10-11H2,1H3;/q+1;-1. The number of aromatic nitrogens is 3. The first-order valence-electron chi connectivity index (χ1n) is 9.04. The molecule has 3 aromatic rings. The van der Waals surface area contributed by atoms with Crippen LogP contribution in [0.2, 0.25) is 0 Å². The van der Waals surface area contributed by atoms with Crippen molar-refractivity contribution in [3.05, 3.63) is 71.8 Å². The molecule has 2 unspecified atom stereocenters. The molecule has 0 saturated heterocycles. The molecule has 1 aromatic heterocycles. The fraction of sp³-hybridized carbons (Fsp3) is 0.263. The van der Waals surface area contributed by atoms with Gasteiger partial charge in [0.05, 0.1) is 7.11 Å². The second kappa shape index (κ2) is 7.51. The van der Waals surface area contributed by atoms with Crippen LogP contribution in [0.4, 0.5) is 17.3 Å². The highest BCUT2D eigenvalue weighted by molar-refractivity contribution is 6.50. The zero-order valence-electron chi connectivity index (χ0n) is 15.5. The summed E-state index contributed by atoms with van der Waals surface area (Å²) < 4.78 is 54.5. The number of ether oxygens (including phenoxy) is 2. The second-order valence-electron chi connectivity index (χ2n) is 6.77. The molecule has 2 aromatic carbocycles. The number of nitrogens with zero attached hydrogens (tertiary/aromatic N) is 3. The Bertz CT molecular complexity index is 1000. The van der Waals surface area contributed by atoms with E-state index in [0.29, 0.717) is 6.61 Å². The van der Waals surface area contributed by atoms with Crippen LogP contribution in [-0.4, -0.2) is 30.2 Å². The molecule has 0 fully saturated rings. The highest BCUT2D eigenvalue weighted by atomic mass is 19.5. The van der Waals surface area contributed by atoms with E-state index in [9.17, 15) is 17.3 Å². The van der Waals surface area contributed by atoms with Gasteiger partial charge < -0.3 is 26.7 Å². The molecule has 2 atom stereocenters. The van der Waals surface area contributed by atoms with Crippen LogP contribution in [0.15, 0.2) is 54.9 Å². The molecule has 5 nitrogen and oxygen atoms in total. The summed E-state index contributed by atoms with van der Waals surface area (Å²) in [4.78, 5) is 0. The largest absolute Gasteiger partial charge is 0.673 e. The molecule has 0 bridgehead atoms. The van der Waals surface area contributed by atoms with Gasteiger partial charge in [-0.1, -0.05) is 28.9 Å². The third kappa shape index (κ3) is 4.12. The predicted molar refractivity (Wildman–Crippen MR) is 97.4 cm³/mol. The maximum absolute atomic E-state index is 9.75. The minimum absolute atomic E-state index is 0.202.